The lowest BCUT2D eigenvalue weighted by molar-refractivity contribution is -0.870. The summed E-state index contributed by atoms with van der Waals surface area (Å²) in [4.78, 5) is 37.6. The van der Waals surface area contributed by atoms with Crippen molar-refractivity contribution in [2.24, 2.45) is 0 Å². The third-order valence-electron chi connectivity index (χ3n) is 15.6. The fourth-order valence-corrected chi connectivity index (χ4v) is 9.95. The molecule has 0 aliphatic rings. The smallest absolute Gasteiger partial charge is 0.306 e. The lowest BCUT2D eigenvalue weighted by Gasteiger charge is -2.26. The van der Waals surface area contributed by atoms with E-state index in [2.05, 4.69) is 196 Å². The first-order valence-corrected chi connectivity index (χ1v) is 37.9. The quantitative estimate of drug-likeness (QED) is 0.0195. The standard InChI is InChI=1S/C86H139NO8/c1-6-8-10-12-14-16-18-20-22-24-26-28-30-32-34-36-38-39-40-41-42-43-44-45-47-49-51-53-55-57-59-61-63-65-67-69-71-73-75-77-84(89)95-82(81-94-86(85(90)91)92-79-78-87(3,4)5)80-93-83(88)76-74-72-70-68-66-64-62-60-58-56-54-52-50-48-46-37-35-33-31-29-27-25-23-21-19-17-15-13-11-9-7-2/h8-11,14-17,20-23,26-29,32-35,38-39,41-42,44-45,49,51,55,57,82,86H,6-7,12-13,18-19,24-25,30-31,36-37,40,43,46-48,50,52-54,56,58-81H2,1-5H3/b10-8-,11-9-,16-14-,17-15-,22-20-,23-21-,28-26-,29-27-,34-32-,35-33-,39-38-,42-41-,45-44-,51-49-,57-55-. The van der Waals surface area contributed by atoms with Gasteiger partial charge in [-0.15, -0.1) is 0 Å². The van der Waals surface area contributed by atoms with Crippen molar-refractivity contribution in [1.29, 1.82) is 0 Å². The van der Waals surface area contributed by atoms with E-state index in [1.54, 1.807) is 0 Å². The first-order valence-electron chi connectivity index (χ1n) is 37.9. The normalized spacial score (nSPS) is 13.7. The van der Waals surface area contributed by atoms with Crippen LogP contribution < -0.4 is 5.11 Å². The Morgan fingerprint density at radius 3 is 0.842 bits per heavy atom. The molecule has 0 aromatic carbocycles. The number of ether oxygens (including phenoxy) is 4. The molecule has 0 radical (unpaired) electrons. The van der Waals surface area contributed by atoms with Crippen LogP contribution in [-0.4, -0.2) is 82.3 Å². The number of rotatable bonds is 68. The van der Waals surface area contributed by atoms with Gasteiger partial charge in [0.05, 0.1) is 40.3 Å². The summed E-state index contributed by atoms with van der Waals surface area (Å²) in [5.41, 5.74) is 0. The van der Waals surface area contributed by atoms with Crippen LogP contribution in [-0.2, 0) is 33.3 Å². The van der Waals surface area contributed by atoms with E-state index in [1.165, 1.54) is 109 Å². The maximum absolute atomic E-state index is 13.0. The van der Waals surface area contributed by atoms with Crippen molar-refractivity contribution in [3.8, 4) is 0 Å². The second kappa shape index (κ2) is 74.2. The number of hydrogen-bond acceptors (Lipinski definition) is 8. The Balaban J connectivity index is 4.16. The van der Waals surface area contributed by atoms with Crippen molar-refractivity contribution in [2.45, 2.75) is 296 Å². The number of carbonyl (C=O) groups excluding carboxylic acids is 3. The molecule has 0 aromatic rings. The lowest BCUT2D eigenvalue weighted by atomic mass is 10.0. The predicted octanol–water partition coefficient (Wildman–Crippen LogP) is 23.0. The maximum atomic E-state index is 13.0. The zero-order valence-corrected chi connectivity index (χ0v) is 61.2. The van der Waals surface area contributed by atoms with Crippen LogP contribution in [0.25, 0.3) is 0 Å². The third-order valence-corrected chi connectivity index (χ3v) is 15.6. The molecule has 9 heteroatoms. The largest absolute Gasteiger partial charge is 0.545 e. The Hall–Kier alpha value is -5.61. The molecule has 0 fully saturated rings. The summed E-state index contributed by atoms with van der Waals surface area (Å²) >= 11 is 0. The van der Waals surface area contributed by atoms with E-state index in [0.29, 0.717) is 17.4 Å². The number of carbonyl (C=O) groups is 3. The molecule has 0 N–H and O–H groups in total. The molecule has 0 heterocycles. The molecular formula is C86H139NO8. The molecule has 0 bridgehead atoms. The molecular weight excluding hydrogens is 1170 g/mol. The molecule has 0 spiro atoms. The number of quaternary nitrogens is 1. The molecule has 2 unspecified atom stereocenters. The van der Waals surface area contributed by atoms with Crippen molar-refractivity contribution < 1.29 is 42.9 Å². The summed E-state index contributed by atoms with van der Waals surface area (Å²) in [6, 6.07) is 0. The first kappa shape index (κ1) is 89.4. The molecule has 0 aliphatic heterocycles. The summed E-state index contributed by atoms with van der Waals surface area (Å²) in [5.74, 6) is -2.30. The number of carboxylic acids is 1. The monoisotopic (exact) mass is 1310 g/mol. The van der Waals surface area contributed by atoms with Crippen LogP contribution in [0.1, 0.15) is 284 Å². The molecule has 0 aliphatic carbocycles. The zero-order valence-electron chi connectivity index (χ0n) is 61.2. The molecule has 0 aromatic heterocycles. The van der Waals surface area contributed by atoms with E-state index in [9.17, 15) is 19.5 Å². The number of nitrogens with zero attached hydrogens (tertiary/aromatic N) is 1. The highest BCUT2D eigenvalue weighted by Gasteiger charge is 2.22. The number of aliphatic carboxylic acids is 1. The number of likely N-dealkylation sites (N-methyl/N-ethyl adjacent to an activating group) is 1. The molecule has 536 valence electrons. The second-order valence-electron chi connectivity index (χ2n) is 25.8. The van der Waals surface area contributed by atoms with Gasteiger partial charge in [-0.25, -0.2) is 0 Å². The van der Waals surface area contributed by atoms with E-state index in [0.717, 1.165) is 141 Å². The summed E-state index contributed by atoms with van der Waals surface area (Å²) in [5, 5.41) is 11.9. The van der Waals surface area contributed by atoms with E-state index in [1.807, 2.05) is 21.1 Å². The summed E-state index contributed by atoms with van der Waals surface area (Å²) < 4.78 is 22.8. The number of hydrogen-bond donors (Lipinski definition) is 0. The van der Waals surface area contributed by atoms with E-state index in [-0.39, 0.29) is 38.6 Å². The van der Waals surface area contributed by atoms with Crippen LogP contribution in [0.5, 0.6) is 0 Å². The number of unbranched alkanes of at least 4 members (excludes halogenated alkanes) is 23. The average molecular weight is 1320 g/mol. The average Bonchev–Trinajstić information content (AvgIpc) is 2.92. The van der Waals surface area contributed by atoms with Crippen molar-refractivity contribution >= 4 is 17.9 Å². The van der Waals surface area contributed by atoms with Gasteiger partial charge in [-0.1, -0.05) is 318 Å². The molecule has 9 nitrogen and oxygen atoms in total. The van der Waals surface area contributed by atoms with Gasteiger partial charge in [0.15, 0.2) is 12.4 Å². The number of esters is 2. The maximum Gasteiger partial charge on any atom is 0.306 e. The van der Waals surface area contributed by atoms with Gasteiger partial charge >= 0.3 is 11.9 Å². The van der Waals surface area contributed by atoms with E-state index >= 15 is 0 Å². The van der Waals surface area contributed by atoms with Gasteiger partial charge in [0.1, 0.15) is 13.2 Å². The highest BCUT2D eigenvalue weighted by Crippen LogP contribution is 2.17. The van der Waals surface area contributed by atoms with E-state index < -0.39 is 24.3 Å². The molecule has 0 saturated carbocycles. The molecule has 0 amide bonds. The van der Waals surface area contributed by atoms with Crippen LogP contribution in [0, 0.1) is 0 Å². The lowest BCUT2D eigenvalue weighted by Crippen LogP contribution is -2.44. The van der Waals surface area contributed by atoms with Crippen molar-refractivity contribution in [1.82, 2.24) is 0 Å². The Labute approximate surface area is 583 Å². The minimum Gasteiger partial charge on any atom is -0.545 e. The summed E-state index contributed by atoms with van der Waals surface area (Å²) in [7, 11) is 5.92. The second-order valence-corrected chi connectivity index (χ2v) is 25.8. The third kappa shape index (κ3) is 75.6. The Bertz CT molecular complexity index is 2220. The minimum absolute atomic E-state index is 0.138. The van der Waals surface area contributed by atoms with Gasteiger partial charge in [-0.2, -0.15) is 0 Å². The molecule has 2 atom stereocenters. The number of allylic oxidation sites excluding steroid dienone is 30. The minimum atomic E-state index is -1.64. The van der Waals surface area contributed by atoms with Crippen molar-refractivity contribution in [3.05, 3.63) is 182 Å². The zero-order chi connectivity index (χ0) is 69.0. The highest BCUT2D eigenvalue weighted by atomic mass is 16.7. The Kier molecular flexibility index (Phi) is 69.8. The van der Waals surface area contributed by atoms with Crippen LogP contribution in [0.4, 0.5) is 0 Å². The SMILES string of the molecule is CC/C=C\C/C=C\C/C=C\C/C=C\C/C=C\C/C=C\C/C=C\C/C=C\C/C=C\C/C=C\CCCCCCCCCCC(=O)OC(COC(=O)CCCCCCCCCCCCCCCCC/C=C\C/C=C\C/C=C\C/C=C\C/C=C\CC)COC(OCC[N+](C)(C)C)C(=O)[O-]. The first-order chi connectivity index (χ1) is 46.6. The molecule has 0 rings (SSSR count). The van der Waals surface area contributed by atoms with Gasteiger partial charge in [0.25, 0.3) is 0 Å². The van der Waals surface area contributed by atoms with Crippen LogP contribution >= 0.6 is 0 Å². The van der Waals surface area contributed by atoms with Gasteiger partial charge in [-0.3, -0.25) is 9.59 Å². The summed E-state index contributed by atoms with van der Waals surface area (Å²) in [6.45, 7) is 4.51. The fourth-order valence-electron chi connectivity index (χ4n) is 9.95. The van der Waals surface area contributed by atoms with Crippen LogP contribution in [0.15, 0.2) is 182 Å². The topological polar surface area (TPSA) is 111 Å². The summed E-state index contributed by atoms with van der Waals surface area (Å²) in [6.07, 6.45) is 110. The van der Waals surface area contributed by atoms with Gasteiger partial charge in [0.2, 0.25) is 0 Å². The predicted molar refractivity (Wildman–Crippen MR) is 407 cm³/mol. The van der Waals surface area contributed by atoms with Crippen molar-refractivity contribution in [3.63, 3.8) is 0 Å². The van der Waals surface area contributed by atoms with Gasteiger partial charge in [0, 0.05) is 12.8 Å². The highest BCUT2D eigenvalue weighted by molar-refractivity contribution is 5.70. The Morgan fingerprint density at radius 1 is 0.316 bits per heavy atom. The Morgan fingerprint density at radius 2 is 0.568 bits per heavy atom. The van der Waals surface area contributed by atoms with Crippen molar-refractivity contribution in [2.75, 3.05) is 47.5 Å². The van der Waals surface area contributed by atoms with Crippen LogP contribution in [0.3, 0.4) is 0 Å². The van der Waals surface area contributed by atoms with E-state index in [4.69, 9.17) is 18.9 Å². The van der Waals surface area contributed by atoms with Gasteiger partial charge < -0.3 is 33.3 Å². The van der Waals surface area contributed by atoms with Crippen LogP contribution in [0.2, 0.25) is 0 Å². The van der Waals surface area contributed by atoms with Gasteiger partial charge in [-0.05, 0) is 135 Å². The molecule has 0 saturated heterocycles. The number of carboxylic acid groups (broad SMARTS) is 1. The molecule has 95 heavy (non-hydrogen) atoms. The fraction of sp³-hybridized carbons (Fsp3) is 0.616.